The highest BCUT2D eigenvalue weighted by atomic mass is 16.8. The maximum atomic E-state index is 15.3. The second-order valence-electron chi connectivity index (χ2n) is 25.8. The summed E-state index contributed by atoms with van der Waals surface area (Å²) in [6, 6.07) is 0. The number of esters is 1. The van der Waals surface area contributed by atoms with Crippen LogP contribution >= 0.6 is 0 Å². The Morgan fingerprint density at radius 1 is 0.645 bits per heavy atom. The van der Waals surface area contributed by atoms with Crippen molar-refractivity contribution in [2.24, 2.45) is 56.2 Å². The molecule has 3 heterocycles. The van der Waals surface area contributed by atoms with Crippen molar-refractivity contribution in [1.29, 1.82) is 0 Å². The number of aliphatic hydroxyl groups excluding tert-OH is 15. The first-order chi connectivity index (χ1) is 35.6. The molecule has 0 bridgehead atoms. The third-order valence-corrected chi connectivity index (χ3v) is 21.3. The fourth-order valence-electron chi connectivity index (χ4n) is 16.6. The Hall–Kier alpha value is -1.63. The van der Waals surface area contributed by atoms with Gasteiger partial charge in [-0.1, -0.05) is 46.3 Å². The number of fused-ring (bicyclic) bond motifs is 7. The van der Waals surface area contributed by atoms with Crippen LogP contribution in [0.2, 0.25) is 0 Å². The van der Waals surface area contributed by atoms with Crippen molar-refractivity contribution < 1.29 is 115 Å². The van der Waals surface area contributed by atoms with Crippen LogP contribution in [0.1, 0.15) is 99.3 Å². The first-order valence-electron chi connectivity index (χ1n) is 27.4. The maximum absolute atomic E-state index is 15.3. The molecular formula is C53H86O23. The molecule has 9 rings (SSSR count). The van der Waals surface area contributed by atoms with E-state index in [1.165, 1.54) is 6.92 Å². The van der Waals surface area contributed by atoms with Gasteiger partial charge in [0.2, 0.25) is 6.29 Å². The topological polar surface area (TPSA) is 385 Å². The lowest BCUT2D eigenvalue weighted by atomic mass is 9.33. The molecule has 0 aromatic carbocycles. The number of hydrogen-bond acceptors (Lipinski definition) is 23. The van der Waals surface area contributed by atoms with Crippen LogP contribution in [-0.4, -0.2) is 238 Å². The van der Waals surface area contributed by atoms with Crippen LogP contribution in [-0.2, 0) is 38.0 Å². The van der Waals surface area contributed by atoms with E-state index in [2.05, 4.69) is 40.7 Å². The molecule has 436 valence electrons. The second kappa shape index (κ2) is 21.3. The number of rotatable bonds is 11. The standard InChI is InChI=1S/C53H86O23/c1-22-41(74-44-39(67)34(62)27(58)18-70-44)38(66)40(68)45(72-22)75-42-35(63)28(59)19-71-46(42)76-47(69)53-12-11-48(2,3)14-25(53)24-7-8-30-49(4)15-26(57)43(73-29-13-23(17-54)33(61)37(65)36(29)64)52(20-55,21-56)31(49)9-10-50(30,5)51(24,6)16-32(53)60/h7,22-23,25-46,54-68H,8-21H2,1-6H3. The van der Waals surface area contributed by atoms with Gasteiger partial charge in [0, 0.05) is 17.9 Å². The Kier molecular flexibility index (Phi) is 16.5. The van der Waals surface area contributed by atoms with Gasteiger partial charge in [0.1, 0.15) is 66.5 Å². The van der Waals surface area contributed by atoms with Gasteiger partial charge in [0.05, 0.1) is 63.1 Å². The van der Waals surface area contributed by atoms with Gasteiger partial charge in [-0.25, -0.2) is 0 Å². The van der Waals surface area contributed by atoms with Crippen LogP contribution in [0.25, 0.3) is 0 Å². The summed E-state index contributed by atoms with van der Waals surface area (Å²) in [6.45, 7) is 9.52. The minimum atomic E-state index is -1.90. The van der Waals surface area contributed by atoms with Crippen LogP contribution in [0.3, 0.4) is 0 Å². The molecule has 5 saturated carbocycles. The van der Waals surface area contributed by atoms with Gasteiger partial charge in [-0.15, -0.1) is 0 Å². The lowest BCUT2D eigenvalue weighted by Crippen LogP contribution is -2.71. The Labute approximate surface area is 442 Å². The van der Waals surface area contributed by atoms with Crippen molar-refractivity contribution in [1.82, 2.24) is 0 Å². The highest BCUT2D eigenvalue weighted by Crippen LogP contribution is 2.76. The highest BCUT2D eigenvalue weighted by molar-refractivity contribution is 5.80. The van der Waals surface area contributed by atoms with E-state index in [0.717, 1.165) is 5.57 Å². The first kappa shape index (κ1) is 59.0. The van der Waals surface area contributed by atoms with Crippen LogP contribution < -0.4 is 0 Å². The summed E-state index contributed by atoms with van der Waals surface area (Å²) >= 11 is 0. The predicted octanol–water partition coefficient (Wildman–Crippen LogP) is -3.18. The Morgan fingerprint density at radius 3 is 1.93 bits per heavy atom. The Bertz CT molecular complexity index is 2090. The van der Waals surface area contributed by atoms with Crippen molar-refractivity contribution in [3.8, 4) is 0 Å². The van der Waals surface area contributed by atoms with Gasteiger partial charge in [-0.2, -0.15) is 0 Å². The smallest absolute Gasteiger partial charge is 0.317 e. The van der Waals surface area contributed by atoms with Crippen LogP contribution in [0.15, 0.2) is 11.6 Å². The fourth-order valence-corrected chi connectivity index (χ4v) is 16.6. The molecule has 0 aromatic heterocycles. The molecule has 28 unspecified atom stereocenters. The normalized spacial score (nSPS) is 54.0. The molecule has 0 spiro atoms. The molecule has 23 nitrogen and oxygen atoms in total. The van der Waals surface area contributed by atoms with Crippen molar-refractivity contribution >= 4 is 5.97 Å². The van der Waals surface area contributed by atoms with E-state index in [-0.39, 0.29) is 37.0 Å². The van der Waals surface area contributed by atoms with E-state index >= 15 is 4.79 Å². The molecule has 8 fully saturated rings. The zero-order valence-corrected chi connectivity index (χ0v) is 44.3. The summed E-state index contributed by atoms with van der Waals surface area (Å²) in [6.07, 6.45) is -25.3. The third-order valence-electron chi connectivity index (χ3n) is 21.3. The Morgan fingerprint density at radius 2 is 1.28 bits per heavy atom. The highest BCUT2D eigenvalue weighted by Gasteiger charge is 2.74. The molecule has 9 aliphatic rings. The molecule has 0 aromatic rings. The van der Waals surface area contributed by atoms with Gasteiger partial charge in [0.25, 0.3) is 0 Å². The van der Waals surface area contributed by atoms with Gasteiger partial charge in [0.15, 0.2) is 18.7 Å². The quantitative estimate of drug-likeness (QED) is 0.0716. The first-order valence-corrected chi connectivity index (χ1v) is 27.4. The average molecular weight is 1090 g/mol. The maximum Gasteiger partial charge on any atom is 0.317 e. The lowest BCUT2D eigenvalue weighted by molar-refractivity contribution is -0.369. The SMILES string of the molecule is CC1OC(OC2C(OC(=O)C34CCC(C)(C)CC3C3=CCC5C6(C)CC(O)C(OC7CC(CO)C(O)C(O)C7O)C(CO)(CO)C6CCC5(C)C3(C)CC4O)OCC(O)C2O)C(O)C(O)C1OC1OCC(O)C(O)C1O. The molecule has 23 heteroatoms. The number of hydrogen-bond donors (Lipinski definition) is 15. The molecular weight excluding hydrogens is 1000 g/mol. The number of aliphatic hydroxyl groups is 15. The predicted molar refractivity (Wildman–Crippen MR) is 258 cm³/mol. The average Bonchev–Trinajstić information content (AvgIpc) is 3.56. The zero-order valence-electron chi connectivity index (χ0n) is 44.3. The van der Waals surface area contributed by atoms with Crippen LogP contribution in [0, 0.1) is 56.2 Å². The number of ether oxygens (including phenoxy) is 7. The fraction of sp³-hybridized carbons (Fsp3) is 0.943. The summed E-state index contributed by atoms with van der Waals surface area (Å²) < 4.78 is 41.6. The molecule has 6 aliphatic carbocycles. The minimum Gasteiger partial charge on any atom is -0.432 e. The van der Waals surface area contributed by atoms with Gasteiger partial charge >= 0.3 is 5.97 Å². The molecule has 3 aliphatic heterocycles. The van der Waals surface area contributed by atoms with Crippen LogP contribution in [0.5, 0.6) is 0 Å². The third kappa shape index (κ3) is 9.18. The van der Waals surface area contributed by atoms with Crippen molar-refractivity contribution in [3.05, 3.63) is 11.6 Å². The van der Waals surface area contributed by atoms with E-state index in [0.29, 0.717) is 32.1 Å². The summed E-state index contributed by atoms with van der Waals surface area (Å²) in [7, 11) is 0. The van der Waals surface area contributed by atoms with Gasteiger partial charge < -0.3 is 110 Å². The van der Waals surface area contributed by atoms with E-state index in [9.17, 15) is 76.6 Å². The van der Waals surface area contributed by atoms with Crippen molar-refractivity contribution in [2.45, 2.75) is 222 Å². The summed E-state index contributed by atoms with van der Waals surface area (Å²) in [4.78, 5) is 15.3. The summed E-state index contributed by atoms with van der Waals surface area (Å²) in [5.74, 6) is -2.86. The minimum absolute atomic E-state index is 0.0450. The van der Waals surface area contributed by atoms with E-state index in [4.69, 9.17) is 33.2 Å². The van der Waals surface area contributed by atoms with Crippen molar-refractivity contribution in [3.63, 3.8) is 0 Å². The molecule has 0 radical (unpaired) electrons. The van der Waals surface area contributed by atoms with Gasteiger partial charge in [-0.05, 0) is 104 Å². The number of allylic oxidation sites excluding steroid dienone is 2. The largest absolute Gasteiger partial charge is 0.432 e. The van der Waals surface area contributed by atoms with Crippen molar-refractivity contribution in [2.75, 3.05) is 33.0 Å². The summed E-state index contributed by atoms with van der Waals surface area (Å²) in [5.41, 5.74) is -4.40. The Balaban J connectivity index is 0.971. The van der Waals surface area contributed by atoms with Gasteiger partial charge in [-0.3, -0.25) is 4.79 Å². The summed E-state index contributed by atoms with van der Waals surface area (Å²) in [5, 5.41) is 165. The molecule has 76 heavy (non-hydrogen) atoms. The lowest BCUT2D eigenvalue weighted by Gasteiger charge is -2.72. The van der Waals surface area contributed by atoms with E-state index in [1.54, 1.807) is 0 Å². The second-order valence-corrected chi connectivity index (χ2v) is 25.8. The number of carbonyl (C=O) groups is 1. The number of carbonyl (C=O) groups excluding carboxylic acids is 1. The molecule has 3 saturated heterocycles. The molecule has 15 N–H and O–H groups in total. The monoisotopic (exact) mass is 1090 g/mol. The molecule has 28 atom stereocenters. The van der Waals surface area contributed by atoms with E-state index in [1.807, 2.05) is 0 Å². The zero-order chi connectivity index (χ0) is 55.6. The van der Waals surface area contributed by atoms with E-state index < -0.39 is 206 Å². The van der Waals surface area contributed by atoms with Crippen LogP contribution in [0.4, 0.5) is 0 Å². The molecule has 0 amide bonds.